The zero-order valence-electron chi connectivity index (χ0n) is 17.0. The first kappa shape index (κ1) is 20.1. The number of nitrogens with zero attached hydrogens (tertiary/aromatic N) is 2. The van der Waals surface area contributed by atoms with Gasteiger partial charge in [0.25, 0.3) is 11.5 Å². The molecule has 31 heavy (non-hydrogen) atoms. The quantitative estimate of drug-likeness (QED) is 0.517. The monoisotopic (exact) mass is 416 g/mol. The lowest BCUT2D eigenvalue weighted by Crippen LogP contribution is -2.23. The number of nitrogens with one attached hydrogen (secondary N) is 2. The topological polar surface area (TPSA) is 106 Å². The van der Waals surface area contributed by atoms with E-state index in [-0.39, 0.29) is 28.1 Å². The minimum Gasteiger partial charge on any atom is -0.442 e. The van der Waals surface area contributed by atoms with Crippen LogP contribution in [0.5, 0.6) is 0 Å². The number of benzene rings is 2. The number of aryl methyl sites for hydroxylation is 1. The largest absolute Gasteiger partial charge is 0.442 e. The van der Waals surface area contributed by atoms with Gasteiger partial charge in [-0.15, -0.1) is 0 Å². The first-order valence-corrected chi connectivity index (χ1v) is 9.64. The normalized spacial score (nSPS) is 10.8. The summed E-state index contributed by atoms with van der Waals surface area (Å²) in [5.41, 5.74) is 2.00. The molecular weight excluding hydrogens is 396 g/mol. The second kappa shape index (κ2) is 8.27. The first-order chi connectivity index (χ1) is 14.9. The van der Waals surface area contributed by atoms with Crippen LogP contribution in [0.3, 0.4) is 0 Å². The van der Waals surface area contributed by atoms with Gasteiger partial charge < -0.3 is 15.1 Å². The van der Waals surface area contributed by atoms with Gasteiger partial charge in [0.2, 0.25) is 11.6 Å². The molecule has 8 nitrogen and oxygen atoms in total. The molecule has 156 valence electrons. The lowest BCUT2D eigenvalue weighted by molar-refractivity contribution is -0.114. The van der Waals surface area contributed by atoms with Crippen LogP contribution in [0.2, 0.25) is 0 Å². The zero-order valence-corrected chi connectivity index (χ0v) is 17.0. The fraction of sp³-hybridized carbons (Fsp3) is 0.130. The molecule has 0 bridgehead atoms. The van der Waals surface area contributed by atoms with Crippen molar-refractivity contribution >= 4 is 34.3 Å². The van der Waals surface area contributed by atoms with Gasteiger partial charge in [0, 0.05) is 18.3 Å². The number of hydrogen-bond donors (Lipinski definition) is 2. The standard InChI is InChI=1S/C23H20N4O4/c1-14-19(21(29)26-18-10-8-17(9-11-18)25-15(2)28)20-22(31-14)24-13-27(23(20)30)12-16-6-4-3-5-7-16/h3-11,13H,12H2,1-2H3,(H,25,28)(H,26,29). The highest BCUT2D eigenvalue weighted by Gasteiger charge is 2.23. The molecule has 2 heterocycles. The number of anilines is 2. The van der Waals surface area contributed by atoms with Gasteiger partial charge in [0.05, 0.1) is 12.1 Å². The van der Waals surface area contributed by atoms with E-state index >= 15 is 0 Å². The maximum Gasteiger partial charge on any atom is 0.265 e. The van der Waals surface area contributed by atoms with Crippen molar-refractivity contribution in [1.29, 1.82) is 0 Å². The van der Waals surface area contributed by atoms with E-state index in [1.165, 1.54) is 17.8 Å². The van der Waals surface area contributed by atoms with Gasteiger partial charge >= 0.3 is 0 Å². The van der Waals surface area contributed by atoms with Gasteiger partial charge in [0.15, 0.2) is 0 Å². The molecule has 8 heteroatoms. The van der Waals surface area contributed by atoms with E-state index in [9.17, 15) is 14.4 Å². The molecule has 0 atom stereocenters. The van der Waals surface area contributed by atoms with Crippen LogP contribution in [-0.2, 0) is 11.3 Å². The highest BCUT2D eigenvalue weighted by atomic mass is 16.3. The van der Waals surface area contributed by atoms with Crippen molar-refractivity contribution in [2.75, 3.05) is 10.6 Å². The number of rotatable bonds is 5. The van der Waals surface area contributed by atoms with Crippen LogP contribution in [-0.4, -0.2) is 21.4 Å². The number of furan rings is 1. The molecule has 2 aromatic carbocycles. The average Bonchev–Trinajstić information content (AvgIpc) is 3.09. The maximum absolute atomic E-state index is 13.1. The summed E-state index contributed by atoms with van der Waals surface area (Å²) in [6.45, 7) is 3.37. The van der Waals surface area contributed by atoms with Crippen LogP contribution in [0.4, 0.5) is 11.4 Å². The summed E-state index contributed by atoms with van der Waals surface area (Å²) in [5, 5.41) is 5.57. The third kappa shape index (κ3) is 4.23. The van der Waals surface area contributed by atoms with Gasteiger partial charge in [-0.3, -0.25) is 19.0 Å². The van der Waals surface area contributed by atoms with Gasteiger partial charge in [-0.25, -0.2) is 4.98 Å². The Morgan fingerprint density at radius 2 is 1.65 bits per heavy atom. The molecular formula is C23H20N4O4. The van der Waals surface area contributed by atoms with Crippen LogP contribution in [0.15, 0.2) is 70.1 Å². The molecule has 0 radical (unpaired) electrons. The molecule has 2 aromatic heterocycles. The number of aromatic nitrogens is 2. The van der Waals surface area contributed by atoms with Crippen LogP contribution in [0.1, 0.15) is 28.6 Å². The Morgan fingerprint density at radius 1 is 1.00 bits per heavy atom. The second-order valence-corrected chi connectivity index (χ2v) is 7.09. The summed E-state index contributed by atoms with van der Waals surface area (Å²) < 4.78 is 7.02. The number of amides is 2. The Kier molecular flexibility index (Phi) is 5.36. The molecule has 0 saturated carbocycles. The highest BCUT2D eigenvalue weighted by molar-refractivity contribution is 6.12. The van der Waals surface area contributed by atoms with Crippen LogP contribution < -0.4 is 16.2 Å². The van der Waals surface area contributed by atoms with Crippen molar-refractivity contribution in [1.82, 2.24) is 9.55 Å². The van der Waals surface area contributed by atoms with Crippen LogP contribution >= 0.6 is 0 Å². The lowest BCUT2D eigenvalue weighted by Gasteiger charge is -2.08. The Balaban J connectivity index is 1.65. The predicted octanol–water partition coefficient (Wildman–Crippen LogP) is 3.56. The fourth-order valence-electron chi connectivity index (χ4n) is 3.34. The molecule has 0 unspecified atom stereocenters. The van der Waals surface area contributed by atoms with Crippen molar-refractivity contribution in [3.05, 3.63) is 88.2 Å². The van der Waals surface area contributed by atoms with E-state index in [4.69, 9.17) is 4.42 Å². The van der Waals surface area contributed by atoms with E-state index < -0.39 is 5.91 Å². The summed E-state index contributed by atoms with van der Waals surface area (Å²) in [6, 6.07) is 16.2. The Morgan fingerprint density at radius 3 is 2.29 bits per heavy atom. The van der Waals surface area contributed by atoms with Crippen molar-refractivity contribution < 1.29 is 14.0 Å². The Bertz CT molecular complexity index is 1320. The van der Waals surface area contributed by atoms with Gasteiger partial charge in [0.1, 0.15) is 17.5 Å². The second-order valence-electron chi connectivity index (χ2n) is 7.09. The summed E-state index contributed by atoms with van der Waals surface area (Å²) in [6.07, 6.45) is 1.42. The lowest BCUT2D eigenvalue weighted by atomic mass is 10.1. The number of fused-ring (bicyclic) bond motifs is 1. The minimum absolute atomic E-state index is 0.123. The fourth-order valence-corrected chi connectivity index (χ4v) is 3.34. The van der Waals surface area contributed by atoms with Crippen molar-refractivity contribution in [2.24, 2.45) is 0 Å². The summed E-state index contributed by atoms with van der Waals surface area (Å²) in [4.78, 5) is 41.5. The van der Waals surface area contributed by atoms with E-state index in [0.29, 0.717) is 23.7 Å². The van der Waals surface area contributed by atoms with E-state index in [0.717, 1.165) is 5.56 Å². The first-order valence-electron chi connectivity index (χ1n) is 9.64. The number of carbonyl (C=O) groups is 2. The predicted molar refractivity (Wildman–Crippen MR) is 117 cm³/mol. The smallest absolute Gasteiger partial charge is 0.265 e. The SMILES string of the molecule is CC(=O)Nc1ccc(NC(=O)c2c(C)oc3ncn(Cc4ccccc4)c(=O)c23)cc1. The minimum atomic E-state index is -0.472. The third-order valence-electron chi connectivity index (χ3n) is 4.74. The molecule has 2 amide bonds. The number of carbonyl (C=O) groups excluding carboxylic acids is 2. The zero-order chi connectivity index (χ0) is 22.0. The van der Waals surface area contributed by atoms with Crippen molar-refractivity contribution in [3.8, 4) is 0 Å². The van der Waals surface area contributed by atoms with Crippen LogP contribution in [0, 0.1) is 6.92 Å². The molecule has 4 rings (SSSR count). The van der Waals surface area contributed by atoms with Crippen molar-refractivity contribution in [2.45, 2.75) is 20.4 Å². The molecule has 0 aliphatic heterocycles. The maximum atomic E-state index is 13.1. The summed E-state index contributed by atoms with van der Waals surface area (Å²) >= 11 is 0. The van der Waals surface area contributed by atoms with Gasteiger partial charge in [-0.2, -0.15) is 0 Å². The summed E-state index contributed by atoms with van der Waals surface area (Å²) in [7, 11) is 0. The molecule has 0 aliphatic rings. The Hall–Kier alpha value is -4.20. The van der Waals surface area contributed by atoms with Gasteiger partial charge in [-0.05, 0) is 36.8 Å². The van der Waals surface area contributed by atoms with E-state index in [2.05, 4.69) is 15.6 Å². The molecule has 4 aromatic rings. The van der Waals surface area contributed by atoms with Crippen molar-refractivity contribution in [3.63, 3.8) is 0 Å². The average molecular weight is 416 g/mol. The molecule has 0 aliphatic carbocycles. The molecule has 0 saturated heterocycles. The molecule has 2 N–H and O–H groups in total. The summed E-state index contributed by atoms with van der Waals surface area (Å²) in [5.74, 6) is -0.346. The molecule has 0 fully saturated rings. The third-order valence-corrected chi connectivity index (χ3v) is 4.74. The van der Waals surface area contributed by atoms with E-state index in [1.54, 1.807) is 31.2 Å². The Labute approximate surface area is 177 Å². The molecule has 0 spiro atoms. The number of hydrogen-bond acceptors (Lipinski definition) is 5. The van der Waals surface area contributed by atoms with Gasteiger partial charge in [-0.1, -0.05) is 30.3 Å². The van der Waals surface area contributed by atoms with E-state index in [1.807, 2.05) is 30.3 Å². The highest BCUT2D eigenvalue weighted by Crippen LogP contribution is 2.23. The van der Waals surface area contributed by atoms with Crippen LogP contribution in [0.25, 0.3) is 11.1 Å².